The van der Waals surface area contributed by atoms with E-state index < -0.39 is 28.4 Å². The first-order valence-corrected chi connectivity index (χ1v) is 7.02. The van der Waals surface area contributed by atoms with Gasteiger partial charge in [-0.1, -0.05) is 0 Å². The Hall–Kier alpha value is -0.690. The van der Waals surface area contributed by atoms with Crippen molar-refractivity contribution < 1.29 is 13.0 Å². The van der Waals surface area contributed by atoms with Gasteiger partial charge in [-0.15, -0.1) is 0 Å². The van der Waals surface area contributed by atoms with E-state index in [0.29, 0.717) is 4.47 Å². The molecule has 0 radical (unpaired) electrons. The van der Waals surface area contributed by atoms with Crippen molar-refractivity contribution in [2.75, 3.05) is 6.67 Å². The van der Waals surface area contributed by atoms with Crippen molar-refractivity contribution in [3.63, 3.8) is 0 Å². The molecule has 0 spiro atoms. The van der Waals surface area contributed by atoms with Gasteiger partial charge in [-0.3, -0.25) is 0 Å². The molecule has 0 bridgehead atoms. The third kappa shape index (κ3) is 3.91. The molecule has 1 unspecified atom stereocenters. The maximum absolute atomic E-state index is 13.5. The van der Waals surface area contributed by atoms with E-state index in [1.54, 1.807) is 20.8 Å². The lowest BCUT2D eigenvalue weighted by atomic mass is 10.2. The first-order valence-electron chi connectivity index (χ1n) is 5.12. The number of rotatable bonds is 3. The Morgan fingerprint density at radius 3 is 2.67 bits per heavy atom. The average Bonchev–Trinajstić information content (AvgIpc) is 2.28. The number of nitrogens with zero attached hydrogens (tertiary/aromatic N) is 2. The second-order valence-electron chi connectivity index (χ2n) is 4.53. The fraction of sp³-hybridized carbons (Fsp3) is 0.455. The SMILES string of the molecule is CC(C)(C)S(=O)N=C(CF)c1cc(Br)cnc1F. The van der Waals surface area contributed by atoms with Crippen LogP contribution in [-0.4, -0.2) is 26.3 Å². The highest BCUT2D eigenvalue weighted by molar-refractivity contribution is 9.10. The van der Waals surface area contributed by atoms with Crippen LogP contribution in [0.3, 0.4) is 0 Å². The molecule has 0 aliphatic carbocycles. The Balaban J connectivity index is 3.22. The molecule has 0 N–H and O–H groups in total. The zero-order valence-corrected chi connectivity index (χ0v) is 12.6. The molecule has 7 heteroatoms. The molecule has 0 aromatic carbocycles. The summed E-state index contributed by atoms with van der Waals surface area (Å²) < 4.78 is 41.8. The maximum Gasteiger partial charge on any atom is 0.222 e. The Kier molecular flexibility index (Phi) is 5.10. The predicted molar refractivity (Wildman–Crippen MR) is 72.3 cm³/mol. The Bertz CT molecular complexity index is 500. The standard InChI is InChI=1S/C11H13BrF2N2OS/c1-11(2,3)18(17)16-9(5-13)8-4-7(12)6-15-10(8)14/h4,6H,5H2,1-3H3. The molecule has 1 aromatic rings. The highest BCUT2D eigenvalue weighted by Crippen LogP contribution is 2.17. The number of hydrogen-bond acceptors (Lipinski definition) is 2. The van der Waals surface area contributed by atoms with Gasteiger partial charge < -0.3 is 0 Å². The third-order valence-corrected chi connectivity index (χ3v) is 3.83. The van der Waals surface area contributed by atoms with Gasteiger partial charge in [0, 0.05) is 10.7 Å². The van der Waals surface area contributed by atoms with Crippen LogP contribution in [-0.2, 0) is 11.0 Å². The summed E-state index contributed by atoms with van der Waals surface area (Å²) in [6.07, 6.45) is 1.26. The first-order chi connectivity index (χ1) is 8.25. The highest BCUT2D eigenvalue weighted by atomic mass is 79.9. The summed E-state index contributed by atoms with van der Waals surface area (Å²) in [7, 11) is -1.64. The second-order valence-corrected chi connectivity index (χ2v) is 7.35. The van der Waals surface area contributed by atoms with Crippen LogP contribution in [0.2, 0.25) is 0 Å². The monoisotopic (exact) mass is 338 g/mol. The zero-order chi connectivity index (χ0) is 13.9. The maximum atomic E-state index is 13.5. The Labute approximate surface area is 115 Å². The van der Waals surface area contributed by atoms with Crippen molar-refractivity contribution in [2.45, 2.75) is 25.5 Å². The van der Waals surface area contributed by atoms with Crippen molar-refractivity contribution in [2.24, 2.45) is 4.40 Å². The van der Waals surface area contributed by atoms with Crippen LogP contribution in [0.25, 0.3) is 0 Å². The minimum atomic E-state index is -1.64. The largest absolute Gasteiger partial charge is 0.244 e. The van der Waals surface area contributed by atoms with Crippen LogP contribution in [0.4, 0.5) is 8.78 Å². The molecule has 100 valence electrons. The van der Waals surface area contributed by atoms with Gasteiger partial charge in [0.25, 0.3) is 0 Å². The quantitative estimate of drug-likeness (QED) is 0.627. The van der Waals surface area contributed by atoms with Gasteiger partial charge in [0.15, 0.2) is 0 Å². The molecule has 0 amide bonds. The van der Waals surface area contributed by atoms with Crippen molar-refractivity contribution >= 4 is 32.6 Å². The molecule has 1 heterocycles. The minimum Gasteiger partial charge on any atom is -0.244 e. The van der Waals surface area contributed by atoms with E-state index in [9.17, 15) is 13.0 Å². The van der Waals surface area contributed by atoms with Gasteiger partial charge in [0.2, 0.25) is 5.95 Å². The van der Waals surface area contributed by atoms with Crippen molar-refractivity contribution in [3.05, 3.63) is 28.2 Å². The Morgan fingerprint density at radius 2 is 2.17 bits per heavy atom. The van der Waals surface area contributed by atoms with E-state index in [1.165, 1.54) is 12.3 Å². The lowest BCUT2D eigenvalue weighted by Crippen LogP contribution is -2.22. The van der Waals surface area contributed by atoms with E-state index in [0.717, 1.165) is 0 Å². The molecular formula is C11H13BrF2N2OS. The molecule has 1 atom stereocenters. The normalized spacial score (nSPS) is 14.7. The topological polar surface area (TPSA) is 42.3 Å². The smallest absolute Gasteiger partial charge is 0.222 e. The van der Waals surface area contributed by atoms with Crippen molar-refractivity contribution in [1.29, 1.82) is 0 Å². The summed E-state index contributed by atoms with van der Waals surface area (Å²) in [6, 6.07) is 1.36. The Morgan fingerprint density at radius 1 is 1.56 bits per heavy atom. The fourth-order valence-corrected chi connectivity index (χ4v) is 1.96. The molecular weight excluding hydrogens is 326 g/mol. The highest BCUT2D eigenvalue weighted by Gasteiger charge is 2.21. The molecule has 0 fully saturated rings. The number of hydrogen-bond donors (Lipinski definition) is 0. The minimum absolute atomic E-state index is 0.0792. The summed E-state index contributed by atoms with van der Waals surface area (Å²) in [5, 5.41) is 0. The molecule has 0 saturated heterocycles. The summed E-state index contributed by atoms with van der Waals surface area (Å²) >= 11 is 3.12. The van der Waals surface area contributed by atoms with Crippen LogP contribution in [0, 0.1) is 5.95 Å². The van der Waals surface area contributed by atoms with E-state index >= 15 is 0 Å². The second kappa shape index (κ2) is 5.97. The fourth-order valence-electron chi connectivity index (χ4n) is 1.01. The van der Waals surface area contributed by atoms with Gasteiger partial charge in [-0.25, -0.2) is 13.6 Å². The summed E-state index contributed by atoms with van der Waals surface area (Å²) in [5.74, 6) is -0.833. The van der Waals surface area contributed by atoms with Crippen LogP contribution in [0.15, 0.2) is 21.1 Å². The van der Waals surface area contributed by atoms with Crippen LogP contribution in [0.1, 0.15) is 26.3 Å². The van der Waals surface area contributed by atoms with Crippen molar-refractivity contribution in [3.8, 4) is 0 Å². The molecule has 0 saturated carbocycles. The predicted octanol–water partition coefficient (Wildman–Crippen LogP) is 3.20. The van der Waals surface area contributed by atoms with Gasteiger partial charge in [-0.05, 0) is 42.8 Å². The van der Waals surface area contributed by atoms with Gasteiger partial charge >= 0.3 is 0 Å². The average molecular weight is 339 g/mol. The number of halogens is 3. The first kappa shape index (κ1) is 15.4. The molecule has 0 aliphatic heterocycles. The van der Waals surface area contributed by atoms with E-state index in [2.05, 4.69) is 25.3 Å². The number of aromatic nitrogens is 1. The molecule has 0 aliphatic rings. The van der Waals surface area contributed by atoms with Gasteiger partial charge in [-0.2, -0.15) is 8.79 Å². The van der Waals surface area contributed by atoms with E-state index in [-0.39, 0.29) is 11.3 Å². The third-order valence-electron chi connectivity index (χ3n) is 1.96. The van der Waals surface area contributed by atoms with Gasteiger partial charge in [0.1, 0.15) is 17.7 Å². The summed E-state index contributed by atoms with van der Waals surface area (Å²) in [4.78, 5) is 3.46. The van der Waals surface area contributed by atoms with Crippen molar-refractivity contribution in [1.82, 2.24) is 4.98 Å². The molecule has 18 heavy (non-hydrogen) atoms. The lowest BCUT2D eigenvalue weighted by Gasteiger charge is -2.14. The van der Waals surface area contributed by atoms with Crippen LogP contribution in [0.5, 0.6) is 0 Å². The van der Waals surface area contributed by atoms with Crippen LogP contribution < -0.4 is 0 Å². The van der Waals surface area contributed by atoms with Gasteiger partial charge in [0.05, 0.1) is 16.0 Å². The molecule has 3 nitrogen and oxygen atoms in total. The molecule has 1 aromatic heterocycles. The molecule has 1 rings (SSSR count). The lowest BCUT2D eigenvalue weighted by molar-refractivity contribution is 0.564. The van der Waals surface area contributed by atoms with E-state index in [1.807, 2.05) is 0 Å². The number of pyridine rings is 1. The van der Waals surface area contributed by atoms with Crippen LogP contribution >= 0.6 is 15.9 Å². The summed E-state index contributed by atoms with van der Waals surface area (Å²) in [5.41, 5.74) is -0.279. The number of alkyl halides is 1. The van der Waals surface area contributed by atoms with E-state index in [4.69, 9.17) is 0 Å². The summed E-state index contributed by atoms with van der Waals surface area (Å²) in [6.45, 7) is 4.12. The zero-order valence-electron chi connectivity index (χ0n) is 10.2.